The maximum Gasteiger partial charge on any atom is 0.0435 e. The number of halogens is 2. The fourth-order valence-corrected chi connectivity index (χ4v) is 2.02. The Kier molecular flexibility index (Phi) is 12.7. The lowest BCUT2D eigenvalue weighted by atomic mass is 9.88. The maximum absolute atomic E-state index is 6.06. The molecule has 0 radical (unpaired) electrons. The molecule has 0 saturated carbocycles. The molecule has 3 nitrogen and oxygen atoms in total. The van der Waals surface area contributed by atoms with Gasteiger partial charge in [0.15, 0.2) is 0 Å². The van der Waals surface area contributed by atoms with Crippen LogP contribution < -0.4 is 11.5 Å². The van der Waals surface area contributed by atoms with Crippen molar-refractivity contribution in [2.24, 2.45) is 11.5 Å². The molecule has 0 aliphatic heterocycles. The number of rotatable bonds is 7. The van der Waals surface area contributed by atoms with Gasteiger partial charge < -0.3 is 11.5 Å². The van der Waals surface area contributed by atoms with Crippen LogP contribution in [0.3, 0.4) is 0 Å². The summed E-state index contributed by atoms with van der Waals surface area (Å²) in [6.45, 7) is 4.25. The summed E-state index contributed by atoms with van der Waals surface area (Å²) in [7, 11) is 0. The molecular formula is C14H27Cl2N3. The number of hydrogen-bond donors (Lipinski definition) is 2. The number of pyridine rings is 1. The average molecular weight is 308 g/mol. The Morgan fingerprint density at radius 2 is 1.53 bits per heavy atom. The molecule has 0 saturated heterocycles. The van der Waals surface area contributed by atoms with E-state index in [-0.39, 0.29) is 36.9 Å². The summed E-state index contributed by atoms with van der Waals surface area (Å²) in [6, 6.07) is 6.54. The summed E-state index contributed by atoms with van der Waals surface area (Å²) in [5.41, 5.74) is 13.2. The van der Waals surface area contributed by atoms with E-state index in [1.54, 1.807) is 0 Å². The van der Waals surface area contributed by atoms with Crippen molar-refractivity contribution in [3.05, 3.63) is 30.1 Å². The Morgan fingerprint density at radius 3 is 1.89 bits per heavy atom. The van der Waals surface area contributed by atoms with Crippen LogP contribution in [-0.4, -0.2) is 17.1 Å². The molecule has 0 aliphatic rings. The molecule has 1 aromatic rings. The number of aromatic nitrogens is 1. The minimum absolute atomic E-state index is 0. The van der Waals surface area contributed by atoms with Gasteiger partial charge >= 0.3 is 0 Å². The molecule has 0 fully saturated rings. The van der Waals surface area contributed by atoms with Gasteiger partial charge in [-0.2, -0.15) is 0 Å². The van der Waals surface area contributed by atoms with Crippen molar-refractivity contribution in [3.8, 4) is 0 Å². The van der Waals surface area contributed by atoms with Gasteiger partial charge in [-0.05, 0) is 37.8 Å². The summed E-state index contributed by atoms with van der Waals surface area (Å²) < 4.78 is 0. The summed E-state index contributed by atoms with van der Waals surface area (Å²) in [5.74, 6) is 0.390. The minimum atomic E-state index is 0. The molecule has 2 atom stereocenters. The van der Waals surface area contributed by atoms with Crippen LogP contribution in [0.5, 0.6) is 0 Å². The van der Waals surface area contributed by atoms with E-state index in [1.165, 1.54) is 0 Å². The fourth-order valence-electron chi connectivity index (χ4n) is 2.02. The zero-order chi connectivity index (χ0) is 12.7. The van der Waals surface area contributed by atoms with Crippen LogP contribution in [0.15, 0.2) is 24.4 Å². The SMILES string of the molecule is CCC(N)CC(CC(N)CC)c1ccccn1.Cl.Cl. The summed E-state index contributed by atoms with van der Waals surface area (Å²) in [6.07, 6.45) is 5.80. The molecule has 112 valence electrons. The quantitative estimate of drug-likeness (QED) is 0.812. The van der Waals surface area contributed by atoms with E-state index in [2.05, 4.69) is 24.9 Å². The van der Waals surface area contributed by atoms with E-state index in [9.17, 15) is 0 Å². The lowest BCUT2D eigenvalue weighted by molar-refractivity contribution is 0.441. The van der Waals surface area contributed by atoms with Crippen LogP contribution in [0.1, 0.15) is 51.1 Å². The highest BCUT2D eigenvalue weighted by molar-refractivity contribution is 5.85. The molecule has 1 aromatic heterocycles. The minimum Gasteiger partial charge on any atom is -0.328 e. The normalized spacial score (nSPS) is 14.7. The second-order valence-electron chi connectivity index (χ2n) is 4.76. The van der Waals surface area contributed by atoms with E-state index in [4.69, 9.17) is 11.5 Å². The Balaban J connectivity index is 0. The second kappa shape index (κ2) is 11.5. The van der Waals surface area contributed by atoms with Crippen molar-refractivity contribution in [1.82, 2.24) is 4.98 Å². The third-order valence-corrected chi connectivity index (χ3v) is 3.33. The van der Waals surface area contributed by atoms with E-state index in [1.807, 2.05) is 18.3 Å². The van der Waals surface area contributed by atoms with E-state index >= 15 is 0 Å². The van der Waals surface area contributed by atoms with Gasteiger partial charge in [-0.1, -0.05) is 19.9 Å². The molecule has 4 N–H and O–H groups in total. The second-order valence-corrected chi connectivity index (χ2v) is 4.76. The first-order chi connectivity index (χ1) is 8.17. The molecule has 0 aromatic carbocycles. The topological polar surface area (TPSA) is 64.9 Å². The molecule has 0 aliphatic carbocycles. The maximum atomic E-state index is 6.06. The van der Waals surface area contributed by atoms with Crippen molar-refractivity contribution in [3.63, 3.8) is 0 Å². The van der Waals surface area contributed by atoms with Crippen molar-refractivity contribution >= 4 is 24.8 Å². The monoisotopic (exact) mass is 307 g/mol. The van der Waals surface area contributed by atoms with Crippen LogP contribution in [-0.2, 0) is 0 Å². The Labute approximate surface area is 129 Å². The molecular weight excluding hydrogens is 281 g/mol. The number of nitrogens with two attached hydrogens (primary N) is 2. The van der Waals surface area contributed by atoms with E-state index < -0.39 is 0 Å². The highest BCUT2D eigenvalue weighted by atomic mass is 35.5. The first kappa shape index (κ1) is 21.0. The highest BCUT2D eigenvalue weighted by Crippen LogP contribution is 2.25. The molecule has 1 rings (SSSR count). The van der Waals surface area contributed by atoms with Crippen molar-refractivity contribution in [1.29, 1.82) is 0 Å². The first-order valence-corrected chi connectivity index (χ1v) is 6.59. The van der Waals surface area contributed by atoms with Gasteiger partial charge in [0.25, 0.3) is 0 Å². The molecule has 1 heterocycles. The van der Waals surface area contributed by atoms with Crippen molar-refractivity contribution in [2.45, 2.75) is 57.5 Å². The lowest BCUT2D eigenvalue weighted by Gasteiger charge is -2.22. The van der Waals surface area contributed by atoms with Gasteiger partial charge in [0.1, 0.15) is 0 Å². The summed E-state index contributed by atoms with van der Waals surface area (Å²) >= 11 is 0. The zero-order valence-corrected chi connectivity index (χ0v) is 13.4. The van der Waals surface area contributed by atoms with Gasteiger partial charge in [-0.15, -0.1) is 24.8 Å². The van der Waals surface area contributed by atoms with Crippen LogP contribution in [0.25, 0.3) is 0 Å². The van der Waals surface area contributed by atoms with Gasteiger partial charge in [-0.3, -0.25) is 4.98 Å². The Bertz CT molecular complexity index is 297. The standard InChI is InChI=1S/C14H25N3.2ClH/c1-3-12(15)9-11(10-13(16)4-2)14-7-5-6-8-17-14;;/h5-8,11-13H,3-4,9-10,15-16H2,1-2H3;2*1H. The molecule has 0 bridgehead atoms. The van der Waals surface area contributed by atoms with E-state index in [0.29, 0.717) is 5.92 Å². The van der Waals surface area contributed by atoms with Gasteiger partial charge in [0.05, 0.1) is 0 Å². The van der Waals surface area contributed by atoms with Gasteiger partial charge in [0, 0.05) is 29.9 Å². The fraction of sp³-hybridized carbons (Fsp3) is 0.643. The van der Waals surface area contributed by atoms with Crippen LogP contribution in [0.4, 0.5) is 0 Å². The average Bonchev–Trinajstić information content (AvgIpc) is 2.38. The first-order valence-electron chi connectivity index (χ1n) is 6.59. The summed E-state index contributed by atoms with van der Waals surface area (Å²) in [4.78, 5) is 4.44. The van der Waals surface area contributed by atoms with E-state index in [0.717, 1.165) is 31.4 Å². The third-order valence-electron chi connectivity index (χ3n) is 3.33. The Morgan fingerprint density at radius 1 is 1.00 bits per heavy atom. The number of hydrogen-bond acceptors (Lipinski definition) is 3. The number of nitrogens with zero attached hydrogens (tertiary/aromatic N) is 1. The molecule has 2 unspecified atom stereocenters. The largest absolute Gasteiger partial charge is 0.328 e. The van der Waals surface area contributed by atoms with Gasteiger partial charge in [0.2, 0.25) is 0 Å². The molecule has 0 spiro atoms. The predicted octanol–water partition coefficient (Wildman–Crippen LogP) is 3.26. The smallest absolute Gasteiger partial charge is 0.0435 e. The van der Waals surface area contributed by atoms with Crippen molar-refractivity contribution < 1.29 is 0 Å². The Hall–Kier alpha value is -0.350. The molecule has 0 amide bonds. The molecule has 19 heavy (non-hydrogen) atoms. The predicted molar refractivity (Wildman–Crippen MR) is 87.2 cm³/mol. The van der Waals surface area contributed by atoms with Crippen molar-refractivity contribution in [2.75, 3.05) is 0 Å². The highest BCUT2D eigenvalue weighted by Gasteiger charge is 2.18. The van der Waals surface area contributed by atoms with Crippen LogP contribution in [0, 0.1) is 0 Å². The summed E-state index contributed by atoms with van der Waals surface area (Å²) in [5, 5.41) is 0. The third kappa shape index (κ3) is 7.73. The van der Waals surface area contributed by atoms with Crippen LogP contribution in [0.2, 0.25) is 0 Å². The molecule has 5 heteroatoms. The zero-order valence-electron chi connectivity index (χ0n) is 11.8. The van der Waals surface area contributed by atoms with Gasteiger partial charge in [-0.25, -0.2) is 0 Å². The van der Waals surface area contributed by atoms with Crippen LogP contribution >= 0.6 is 24.8 Å². The lowest BCUT2D eigenvalue weighted by Crippen LogP contribution is -2.27.